The van der Waals surface area contributed by atoms with E-state index in [0.29, 0.717) is 0 Å². The van der Waals surface area contributed by atoms with E-state index in [1.807, 2.05) is 0 Å². The van der Waals surface area contributed by atoms with E-state index in [2.05, 4.69) is 66.4 Å². The first kappa shape index (κ1) is 40.5. The fourth-order valence-electron chi connectivity index (χ4n) is 5.11. The molecule has 6 heterocycles. The van der Waals surface area contributed by atoms with Gasteiger partial charge in [-0.05, 0) is 23.6 Å². The van der Waals surface area contributed by atoms with Crippen LogP contribution in [0, 0.1) is 0 Å². The van der Waals surface area contributed by atoms with Crippen LogP contribution in [0.15, 0.2) is 25.3 Å². The van der Waals surface area contributed by atoms with Crippen LogP contribution in [0.4, 0.5) is 11.6 Å². The van der Waals surface area contributed by atoms with Crippen molar-refractivity contribution in [2.24, 2.45) is 0 Å². The number of rotatable bonds is 14. The highest BCUT2D eigenvalue weighted by molar-refractivity contribution is 8.11. The van der Waals surface area contributed by atoms with Gasteiger partial charge in [-0.25, -0.2) is 52.0 Å². The molecule has 27 nitrogen and oxygen atoms in total. The molecule has 2 fully saturated rings. The summed E-state index contributed by atoms with van der Waals surface area (Å²) in [5.74, 6) is 0.0452. The number of nitrogen functional groups attached to an aromatic ring is 2. The summed E-state index contributed by atoms with van der Waals surface area (Å²) in [7, 11) is -11.3. The number of aliphatic hydroxyl groups excluding tert-OH is 4. The molecule has 0 radical (unpaired) electrons. The third-order valence-corrected chi connectivity index (χ3v) is 15.4. The first-order chi connectivity index (χ1) is 24.7. The topological polar surface area (TPSA) is 400 Å². The van der Waals surface area contributed by atoms with Gasteiger partial charge in [0.2, 0.25) is 0 Å². The zero-order valence-corrected chi connectivity index (χ0v) is 31.1. The van der Waals surface area contributed by atoms with Crippen molar-refractivity contribution in [2.75, 3.05) is 24.7 Å². The number of anilines is 2. The number of fused-ring (bicyclic) bond motifs is 2. The first-order valence-corrected chi connectivity index (χ1v) is 22.5. The molecule has 2 saturated heterocycles. The fourth-order valence-corrected chi connectivity index (χ4v) is 12.5. The number of hydrogen-bond acceptors (Lipinski definition) is 23. The molecule has 4 aromatic heterocycles. The Morgan fingerprint density at radius 3 is 1.53 bits per heavy atom. The molecular weight excluding hydrogens is 840 g/mol. The lowest BCUT2D eigenvalue weighted by molar-refractivity contribution is -0.0502. The predicted molar refractivity (Wildman–Crippen MR) is 179 cm³/mol. The van der Waals surface area contributed by atoms with Crippen molar-refractivity contribution in [1.29, 1.82) is 0 Å². The third kappa shape index (κ3) is 8.81. The molecule has 4 unspecified atom stereocenters. The van der Waals surface area contributed by atoms with E-state index >= 15 is 0 Å². The number of aromatic nitrogens is 8. The Balaban J connectivity index is 1.01. The maximum atomic E-state index is 12.6. The molecule has 292 valence electrons. The van der Waals surface area contributed by atoms with Crippen LogP contribution in [0.2, 0.25) is 0 Å². The number of aliphatic hydroxyl groups is 4. The molecule has 12 atom stereocenters. The first-order valence-electron chi connectivity index (χ1n) is 14.3. The molecule has 2 aliphatic rings. The van der Waals surface area contributed by atoms with Crippen LogP contribution >= 0.6 is 29.1 Å². The molecule has 33 heteroatoms. The maximum absolute atomic E-state index is 12.6. The van der Waals surface area contributed by atoms with Gasteiger partial charge in [0, 0.05) is 0 Å². The molecule has 2 aliphatic heterocycles. The van der Waals surface area contributed by atoms with E-state index in [0.717, 1.165) is 12.7 Å². The highest BCUT2D eigenvalue weighted by Crippen LogP contribution is 2.71. The van der Waals surface area contributed by atoms with E-state index in [9.17, 15) is 49.1 Å². The van der Waals surface area contributed by atoms with Crippen molar-refractivity contribution in [2.45, 2.75) is 49.1 Å². The monoisotopic (exact) mass is 868 g/mol. The lowest BCUT2D eigenvalue weighted by atomic mass is 10.1. The van der Waals surface area contributed by atoms with Crippen molar-refractivity contribution in [3.05, 3.63) is 25.3 Å². The van der Waals surface area contributed by atoms with Crippen molar-refractivity contribution < 1.29 is 80.6 Å². The van der Waals surface area contributed by atoms with Gasteiger partial charge in [0.1, 0.15) is 60.3 Å². The van der Waals surface area contributed by atoms with Crippen molar-refractivity contribution in [3.8, 4) is 0 Å². The molecule has 53 heavy (non-hydrogen) atoms. The highest BCUT2D eigenvalue weighted by Gasteiger charge is 2.48. The average molecular weight is 869 g/mol. The van der Waals surface area contributed by atoms with Crippen LogP contribution in [0.3, 0.4) is 0 Å². The van der Waals surface area contributed by atoms with Gasteiger partial charge in [0.15, 0.2) is 35.4 Å². The van der Waals surface area contributed by atoms with E-state index in [1.165, 1.54) is 21.8 Å². The molecule has 0 spiro atoms. The van der Waals surface area contributed by atoms with Crippen molar-refractivity contribution >= 4 is 86.7 Å². The largest absolute Gasteiger partial charge is 0.486 e. The Labute approximate surface area is 304 Å². The lowest BCUT2D eigenvalue weighted by Crippen LogP contribution is -2.33. The van der Waals surface area contributed by atoms with E-state index in [1.54, 1.807) is 0 Å². The van der Waals surface area contributed by atoms with Crippen LogP contribution in [0.5, 0.6) is 0 Å². The van der Waals surface area contributed by atoms with Crippen LogP contribution < -0.4 is 11.5 Å². The van der Waals surface area contributed by atoms with Gasteiger partial charge in [-0.1, -0.05) is 0 Å². The minimum Gasteiger partial charge on any atom is -0.387 e. The number of ether oxygens (including phenoxy) is 2. The number of imidazole rings is 2. The molecular formula is C20H28N10O17P4S2. The smallest absolute Gasteiger partial charge is 0.387 e. The van der Waals surface area contributed by atoms with E-state index in [4.69, 9.17) is 30.0 Å². The predicted octanol–water partition coefficient (Wildman–Crippen LogP) is -2.21. The molecule has 0 bridgehead atoms. The number of hydrogen-bond donors (Lipinski definition) is 10. The quantitative estimate of drug-likeness (QED) is 0.0600. The maximum Gasteiger partial charge on any atom is 0.486 e. The summed E-state index contributed by atoms with van der Waals surface area (Å²) in [6.45, 7) is -11.9. The van der Waals surface area contributed by atoms with Gasteiger partial charge >= 0.3 is 29.1 Å². The standard InChI is InChI=1S/C20H28N10O17P4S2/c21-15-9-17(25-3-23-15)29(5-27-9)19-13(33)11(31)7(43-19)1-41-48(35,36)45-51(40,53)47-49(37,38)46-50(39,52)42-2-8-12(32)14(34)20(44-8)30-6-28-10-16(22)24-4-26-18(10)30/h3-8,11-14,19-20,31-34H,1-2H2,(H,35,36)(H,37,38)(H,39,52)(H,40,53)(H2,21,23,25)(H2,22,24,26)/t7-,8-,11-,12-,13-,14-,19-,20-,50?,51?/m1/s1. The fraction of sp³-hybridized carbons (Fsp3) is 0.500. The molecule has 0 saturated carbocycles. The SMILES string of the molecule is Nc1ncnc2c1ncn2[C@@H]1O[C@H](COP(=O)(O)OP(O)(=S)OP(=O)(O)OP(O)(=S)OC[C@H]2O[C@@H](n3cnc4c(N)ncnc43)[C@H](O)[C@@H]2O)[C@@H](O)[C@H]1O. The van der Waals surface area contributed by atoms with Crippen molar-refractivity contribution in [1.82, 2.24) is 39.0 Å². The number of phosphoric acid groups is 2. The number of nitrogens with zero attached hydrogens (tertiary/aromatic N) is 8. The summed E-state index contributed by atoms with van der Waals surface area (Å²) < 4.78 is 61.5. The zero-order valence-electron chi connectivity index (χ0n) is 25.9. The number of phosphoric ester groups is 1. The average Bonchev–Trinajstić information content (AvgIpc) is 3.80. The molecule has 0 aromatic carbocycles. The molecule has 6 rings (SSSR count). The summed E-state index contributed by atoms with van der Waals surface area (Å²) in [6.07, 6.45) is -7.62. The van der Waals surface area contributed by atoms with Gasteiger partial charge in [0.05, 0.1) is 25.9 Å². The van der Waals surface area contributed by atoms with Gasteiger partial charge in [-0.15, -0.1) is 0 Å². The summed E-state index contributed by atoms with van der Waals surface area (Å²) in [4.78, 5) is 64.6. The second-order valence-electron chi connectivity index (χ2n) is 11.0. The Bertz CT molecular complexity index is 2050. The Kier molecular flexibility index (Phi) is 11.5. The summed E-state index contributed by atoms with van der Waals surface area (Å²) >= 11 is 9.21. The molecule has 4 aromatic rings. The van der Waals surface area contributed by atoms with Crippen LogP contribution in [0.1, 0.15) is 12.5 Å². The van der Waals surface area contributed by atoms with Gasteiger partial charge in [-0.2, -0.15) is 0 Å². The second kappa shape index (κ2) is 15.1. The molecule has 0 amide bonds. The Morgan fingerprint density at radius 2 is 1.06 bits per heavy atom. The zero-order chi connectivity index (χ0) is 38.7. The lowest BCUT2D eigenvalue weighted by Gasteiger charge is -2.24. The second-order valence-corrected chi connectivity index (χ2v) is 20.0. The van der Waals surface area contributed by atoms with E-state index < -0.39 is 91.4 Å². The van der Waals surface area contributed by atoms with Gasteiger partial charge in [-0.3, -0.25) is 13.7 Å². The van der Waals surface area contributed by atoms with Crippen LogP contribution in [0.25, 0.3) is 22.3 Å². The van der Waals surface area contributed by atoms with Crippen LogP contribution in [-0.4, -0.2) is 129 Å². The Hall–Kier alpha value is -2.14. The van der Waals surface area contributed by atoms with Gasteiger partial charge < -0.3 is 65.5 Å². The van der Waals surface area contributed by atoms with Gasteiger partial charge in [0.25, 0.3) is 0 Å². The molecule has 0 aliphatic carbocycles. The summed E-state index contributed by atoms with van der Waals surface area (Å²) in [6, 6.07) is 0. The van der Waals surface area contributed by atoms with Crippen molar-refractivity contribution in [3.63, 3.8) is 0 Å². The third-order valence-electron chi connectivity index (χ3n) is 7.42. The van der Waals surface area contributed by atoms with Crippen LogP contribution in [-0.2, 0) is 64.2 Å². The Morgan fingerprint density at radius 1 is 0.642 bits per heavy atom. The minimum absolute atomic E-state index is 0.0170. The summed E-state index contributed by atoms with van der Waals surface area (Å²) in [5.41, 5.74) is 12.1. The van der Waals surface area contributed by atoms with E-state index in [-0.39, 0.29) is 34.0 Å². The number of nitrogens with two attached hydrogens (primary N) is 2. The molecule has 12 N–H and O–H groups in total. The normalized spacial score (nSPS) is 30.9. The highest BCUT2D eigenvalue weighted by atomic mass is 32.5. The summed E-state index contributed by atoms with van der Waals surface area (Å²) in [5, 5.41) is 42.1. The minimum atomic E-state index is -5.78.